The van der Waals surface area contributed by atoms with E-state index >= 15 is 0 Å². The molecule has 3 heterocycles. The number of benzene rings is 8. The second kappa shape index (κ2) is 18.8. The number of hydrogen-bond donors (Lipinski definition) is 0. The van der Waals surface area contributed by atoms with Crippen LogP contribution in [0.3, 0.4) is 0 Å². The Morgan fingerprint density at radius 3 is 2.00 bits per heavy atom. The summed E-state index contributed by atoms with van der Waals surface area (Å²) in [6.45, 7) is -25.4. The van der Waals surface area contributed by atoms with Crippen LogP contribution in [0.2, 0.25) is 0 Å². The third kappa shape index (κ3) is 8.58. The molecule has 0 saturated heterocycles. The van der Waals surface area contributed by atoms with Crippen molar-refractivity contribution in [3.05, 3.63) is 222 Å². The van der Waals surface area contributed by atoms with Crippen LogP contribution in [0.5, 0.6) is 11.5 Å². The van der Waals surface area contributed by atoms with E-state index < -0.39 is 224 Å². The summed E-state index contributed by atoms with van der Waals surface area (Å²) in [5.41, 5.74) is -30.5. The Balaban J connectivity index is 1.21. The average molecular weight is 1090 g/mol. The van der Waals surface area contributed by atoms with E-state index in [4.69, 9.17) is 42.6 Å². The standard InChI is InChI=1S/C75H74N4O/c1-12-75(11)40-39-74(9,10)63-43-51(33-35-61(63)75)56-28-21-27-55(50-32-34-60-62(42-50)73(7,8)38-37-72(60,5)6)70(56)78-48-77(65-30-18-19-31-66(65)78)53-24-20-25-54(45-53)80-68-47-67-59(46-58(68)49-22-14-13-15-23-49)57-26-16-17-29-64(57)79(67)69-44-52(36-41-76-69)71(2,3)4/h13-36,41-47H,12,37-40H2,1-11H3/i5D3,6D3,7D3,8D3,9D3,10D3,11D3,12D2,13D,14D,15D,22D,23D,32D,33D,34D,35D,37D2,38D2,39D2,40D2,42D,43D. The van der Waals surface area contributed by atoms with Gasteiger partial charge < -0.3 is 4.74 Å². The van der Waals surface area contributed by atoms with Crippen molar-refractivity contribution in [2.75, 3.05) is 0 Å². The molecule has 0 saturated carbocycles. The monoisotopic (exact) mass is 1090 g/mol. The molecule has 2 aliphatic rings. The highest BCUT2D eigenvalue weighted by Gasteiger charge is 2.40. The van der Waals surface area contributed by atoms with Crippen molar-refractivity contribution < 1.29 is 66.9 Å². The van der Waals surface area contributed by atoms with E-state index in [1.165, 1.54) is 53.1 Å². The van der Waals surface area contributed by atoms with Gasteiger partial charge in [0.05, 0.1) is 48.5 Å². The summed E-state index contributed by atoms with van der Waals surface area (Å²) >= 11 is 0. The molecule has 0 spiro atoms. The van der Waals surface area contributed by atoms with Crippen molar-refractivity contribution in [1.82, 2.24) is 14.1 Å². The van der Waals surface area contributed by atoms with Crippen LogP contribution in [-0.4, -0.2) is 14.1 Å². The number of fused-ring (bicyclic) bond motifs is 6. The van der Waals surface area contributed by atoms with Crippen molar-refractivity contribution in [3.8, 4) is 62.1 Å². The molecule has 8 aromatic carbocycles. The normalized spacial score (nSPS) is 28.9. The zero-order chi connectivity index (χ0) is 91.5. The van der Waals surface area contributed by atoms with Crippen molar-refractivity contribution >= 4 is 32.8 Å². The molecule has 1 unspecified atom stereocenters. The van der Waals surface area contributed by atoms with Crippen LogP contribution >= 0.6 is 0 Å². The number of ether oxygens (including phenoxy) is 1. The van der Waals surface area contributed by atoms with E-state index in [9.17, 15) is 24.7 Å². The van der Waals surface area contributed by atoms with E-state index in [0.717, 1.165) is 28.3 Å². The Hall–Kier alpha value is -8.02. The minimum Gasteiger partial charge on any atom is -0.457 e. The Bertz CT molecular complexity index is 5940. The molecule has 0 amide bonds. The predicted molar refractivity (Wildman–Crippen MR) is 332 cm³/mol. The Kier molecular flexibility index (Phi) is 5.37. The first-order valence-electron chi connectivity index (χ1n) is 46.2. The molecule has 0 N–H and O–H groups in total. The molecule has 11 aromatic rings. The molecule has 80 heavy (non-hydrogen) atoms. The fourth-order valence-electron chi connectivity index (χ4n) is 10.4. The van der Waals surface area contributed by atoms with Crippen molar-refractivity contribution in [2.45, 2.75) is 135 Å². The zero-order valence-electron chi connectivity index (χ0n) is 85.2. The van der Waals surface area contributed by atoms with Crippen LogP contribution < -0.4 is 9.30 Å². The van der Waals surface area contributed by atoms with Crippen LogP contribution in [0, 0.1) is 6.33 Å². The molecule has 5 nitrogen and oxygen atoms in total. The van der Waals surface area contributed by atoms with Gasteiger partial charge in [-0.1, -0.05) is 209 Å². The van der Waals surface area contributed by atoms with Crippen molar-refractivity contribution in [1.29, 1.82) is 0 Å². The van der Waals surface area contributed by atoms with E-state index in [2.05, 4.69) is 6.33 Å². The smallest absolute Gasteiger partial charge is 0.269 e. The summed E-state index contributed by atoms with van der Waals surface area (Å²) in [5, 5.41) is 1.13. The third-order valence-corrected chi connectivity index (χ3v) is 14.4. The number of nitrogens with zero attached hydrogens (tertiary/aromatic N) is 4. The Labute approximate surface area is 532 Å². The van der Waals surface area contributed by atoms with Crippen LogP contribution in [0.15, 0.2) is 188 Å². The maximum Gasteiger partial charge on any atom is 0.269 e. The molecular weight excluding hydrogens is 973 g/mol. The van der Waals surface area contributed by atoms with Gasteiger partial charge in [0.1, 0.15) is 17.3 Å². The second-order valence-corrected chi connectivity index (χ2v) is 20.7. The summed E-state index contributed by atoms with van der Waals surface area (Å²) in [6, 6.07) is 14.2. The first-order valence-corrected chi connectivity index (χ1v) is 25.2. The summed E-state index contributed by atoms with van der Waals surface area (Å²) < 4.78 is 403. The van der Waals surface area contributed by atoms with Gasteiger partial charge >= 0.3 is 0 Å². The highest BCUT2D eigenvalue weighted by atomic mass is 16.5. The summed E-state index contributed by atoms with van der Waals surface area (Å²) in [5.74, 6) is 0.187. The number of pyridine rings is 1. The van der Waals surface area contributed by atoms with Gasteiger partial charge in [-0.2, -0.15) is 0 Å². The van der Waals surface area contributed by atoms with E-state index in [0.29, 0.717) is 34.5 Å². The maximum atomic E-state index is 10.5. The molecule has 0 bridgehead atoms. The Morgan fingerprint density at radius 2 is 1.29 bits per heavy atom. The molecule has 13 rings (SSSR count). The lowest BCUT2D eigenvalue weighted by atomic mass is 9.61. The van der Waals surface area contributed by atoms with Crippen LogP contribution in [0.4, 0.5) is 0 Å². The number of hydrogen-bond acceptors (Lipinski definition) is 2. The molecule has 0 radical (unpaired) electrons. The minimum absolute atomic E-state index is 0.0257. The quantitative estimate of drug-likeness (QED) is 0.107. The summed E-state index contributed by atoms with van der Waals surface area (Å²) in [7, 11) is 0. The predicted octanol–water partition coefficient (Wildman–Crippen LogP) is 19.4. The van der Waals surface area contributed by atoms with Crippen LogP contribution in [-0.2, 0) is 27.1 Å². The fourth-order valence-corrected chi connectivity index (χ4v) is 10.4. The highest BCUT2D eigenvalue weighted by Crippen LogP contribution is 2.51. The number of rotatable bonds is 9. The van der Waals surface area contributed by atoms with E-state index in [1.54, 1.807) is 30.5 Å². The zero-order valence-corrected chi connectivity index (χ0v) is 43.2. The lowest BCUT2D eigenvalue weighted by molar-refractivity contribution is -0.571. The maximum absolute atomic E-state index is 10.5. The first kappa shape index (κ1) is 22.8. The van der Waals surface area contributed by atoms with Gasteiger partial charge in [-0.25, -0.2) is 4.98 Å². The molecule has 400 valence electrons. The summed E-state index contributed by atoms with van der Waals surface area (Å²) in [6.07, 6.45) is -18.2. The van der Waals surface area contributed by atoms with Gasteiger partial charge in [0, 0.05) is 71.1 Å². The second-order valence-electron chi connectivity index (χ2n) is 20.7. The highest BCUT2D eigenvalue weighted by molar-refractivity contribution is 6.11. The first-order chi connectivity index (χ1) is 55.4. The lowest BCUT2D eigenvalue weighted by Gasteiger charge is -2.43. The number of imidazole rings is 1. The largest absolute Gasteiger partial charge is 0.457 e. The van der Waals surface area contributed by atoms with E-state index in [1.807, 2.05) is 49.6 Å². The van der Waals surface area contributed by atoms with Gasteiger partial charge in [-0.3, -0.25) is 13.7 Å². The molecule has 3 aromatic heterocycles. The lowest BCUT2D eigenvalue weighted by Crippen LogP contribution is -2.35. The van der Waals surface area contributed by atoms with Gasteiger partial charge in [-0.15, -0.1) is 0 Å². The molecule has 5 heteroatoms. The van der Waals surface area contributed by atoms with Gasteiger partial charge in [0.2, 0.25) is 0 Å². The van der Waals surface area contributed by atoms with Gasteiger partial charge in [0.15, 0.2) is 0 Å². The molecule has 2 aliphatic carbocycles. The Morgan fingerprint density at radius 1 is 0.625 bits per heavy atom. The van der Waals surface area contributed by atoms with Crippen molar-refractivity contribution in [3.63, 3.8) is 0 Å². The molecular formula is C75H74N4O. The van der Waals surface area contributed by atoms with Gasteiger partial charge in [-0.05, 0) is 157 Å². The fraction of sp³-hybridized carbons (Fsp3) is 0.280. The van der Waals surface area contributed by atoms with Crippen LogP contribution in [0.25, 0.3) is 83.4 Å². The van der Waals surface area contributed by atoms with E-state index in [-0.39, 0.29) is 39.3 Å². The molecule has 1 atom stereocenters. The van der Waals surface area contributed by atoms with Crippen molar-refractivity contribution in [2.24, 2.45) is 0 Å². The van der Waals surface area contributed by atoms with Crippen LogP contribution in [0.1, 0.15) is 193 Å². The number of aromatic nitrogens is 4. The molecule has 0 aliphatic heterocycles. The summed E-state index contributed by atoms with van der Waals surface area (Å²) in [4.78, 5) is 4.78. The molecule has 0 fully saturated rings. The third-order valence-electron chi connectivity index (χ3n) is 14.4. The average Bonchev–Trinajstić information content (AvgIpc) is 0.687. The number of para-hydroxylation sites is 4. The van der Waals surface area contributed by atoms with Gasteiger partial charge in [0.25, 0.3) is 6.33 Å². The minimum atomic E-state index is -4.89. The topological polar surface area (TPSA) is 35.9 Å². The SMILES string of the molecule is [2H]c1c([2H])c([2H])c(-c2cc3c4ccccc4n(-c4cc(C(C)(C)C)ccn4)c3cc2Oc2cccc(-n3[c-][n+](-c4c(-c5c([2H])c([2H])c6c(c5[2H])C(C([2H])([2H])[2H])(C([2H])([2H])[2H])C([2H])([2H])C([2H])([2H])C6(C([2H])([2H])[2H])C([2H])([2H])[2H])cccc4-c4c([2H])c([2H])c5c(c4[2H])C(C([2H])([2H])[2H])(C([2H])([2H])[2H])C([2H])([2H])C([2H])([2H])C5(C([2H])([2H])[2H])C([2H])([2H])C)c4ccccc43)c2)c([2H])c1[2H].